The maximum absolute atomic E-state index is 9.01. The fourth-order valence-electron chi connectivity index (χ4n) is 0.846. The van der Waals surface area contributed by atoms with Gasteiger partial charge in [-0.15, -0.1) is 0 Å². The molecule has 1 heterocycles. The quantitative estimate of drug-likeness (QED) is 0.651. The van der Waals surface area contributed by atoms with E-state index >= 15 is 0 Å². The molecule has 0 saturated heterocycles. The highest BCUT2D eigenvalue weighted by molar-refractivity contribution is 4.88. The van der Waals surface area contributed by atoms with E-state index in [2.05, 4.69) is 9.97 Å². The molecule has 0 bridgehead atoms. The summed E-state index contributed by atoms with van der Waals surface area (Å²) in [6, 6.07) is 1.74. The molecule has 0 fully saturated rings. The van der Waals surface area contributed by atoms with Crippen LogP contribution in [0.2, 0.25) is 0 Å². The number of nitrogens with zero attached hydrogens (tertiary/aromatic N) is 2. The van der Waals surface area contributed by atoms with Gasteiger partial charge in [-0.05, 0) is 12.5 Å². The fourth-order valence-corrected chi connectivity index (χ4v) is 0.846. The molecule has 1 rings (SSSR count). The Morgan fingerprint density at radius 3 is 2.58 bits per heavy atom. The lowest BCUT2D eigenvalue weighted by Gasteiger charge is -2.04. The van der Waals surface area contributed by atoms with Gasteiger partial charge in [0.05, 0.1) is 12.7 Å². The minimum Gasteiger partial charge on any atom is -0.394 e. The van der Waals surface area contributed by atoms with E-state index in [1.54, 1.807) is 18.5 Å². The summed E-state index contributed by atoms with van der Waals surface area (Å²) >= 11 is 0. The number of hydrogen-bond donors (Lipinski definition) is 2. The molecule has 0 amide bonds. The monoisotopic (exact) mass is 168 g/mol. The molecule has 0 spiro atoms. The number of aliphatic hydroxyl groups is 2. The lowest BCUT2D eigenvalue weighted by atomic mass is 10.2. The summed E-state index contributed by atoms with van der Waals surface area (Å²) in [6.45, 7) is -0.202. The average molecular weight is 168 g/mol. The summed E-state index contributed by atoms with van der Waals surface area (Å²) < 4.78 is 0. The normalized spacial score (nSPS) is 12.8. The van der Waals surface area contributed by atoms with Gasteiger partial charge in [-0.3, -0.25) is 0 Å². The first kappa shape index (κ1) is 9.09. The van der Waals surface area contributed by atoms with Gasteiger partial charge < -0.3 is 10.2 Å². The van der Waals surface area contributed by atoms with Crippen molar-refractivity contribution in [3.8, 4) is 0 Å². The molecule has 0 saturated carbocycles. The van der Waals surface area contributed by atoms with E-state index in [-0.39, 0.29) is 6.61 Å². The molecular formula is C8H12N2O2. The highest BCUT2D eigenvalue weighted by Gasteiger charge is 2.02. The average Bonchev–Trinajstić information content (AvgIpc) is 2.16. The number of rotatable bonds is 4. The van der Waals surface area contributed by atoms with Crippen LogP contribution in [0.5, 0.6) is 0 Å². The van der Waals surface area contributed by atoms with Crippen LogP contribution in [0, 0.1) is 0 Å². The second-order valence-electron chi connectivity index (χ2n) is 2.54. The lowest BCUT2D eigenvalue weighted by Crippen LogP contribution is -2.13. The Morgan fingerprint density at radius 1 is 1.33 bits per heavy atom. The van der Waals surface area contributed by atoms with Gasteiger partial charge in [0.1, 0.15) is 5.82 Å². The Kier molecular flexibility index (Phi) is 3.63. The summed E-state index contributed by atoms with van der Waals surface area (Å²) in [7, 11) is 0. The summed E-state index contributed by atoms with van der Waals surface area (Å²) in [5.41, 5.74) is 0. The molecule has 12 heavy (non-hydrogen) atoms. The molecule has 1 atom stereocenters. The van der Waals surface area contributed by atoms with Crippen LogP contribution < -0.4 is 0 Å². The second kappa shape index (κ2) is 4.79. The molecule has 4 heteroatoms. The van der Waals surface area contributed by atoms with Gasteiger partial charge in [0.25, 0.3) is 0 Å². The molecule has 0 aromatic carbocycles. The van der Waals surface area contributed by atoms with Gasteiger partial charge in [0.15, 0.2) is 0 Å². The molecule has 0 aliphatic carbocycles. The molecule has 0 radical (unpaired) electrons. The van der Waals surface area contributed by atoms with Crippen LogP contribution in [-0.4, -0.2) is 32.9 Å². The maximum atomic E-state index is 9.01. The SMILES string of the molecule is OC[C@@H](O)CCc1ncccn1. The van der Waals surface area contributed by atoms with Crippen molar-refractivity contribution in [1.82, 2.24) is 9.97 Å². The van der Waals surface area contributed by atoms with Crippen molar-refractivity contribution < 1.29 is 10.2 Å². The van der Waals surface area contributed by atoms with Gasteiger partial charge in [-0.25, -0.2) is 9.97 Å². The molecule has 1 aromatic heterocycles. The highest BCUT2D eigenvalue weighted by atomic mass is 16.3. The Morgan fingerprint density at radius 2 is 2.00 bits per heavy atom. The van der Waals surface area contributed by atoms with Crippen LogP contribution in [0.3, 0.4) is 0 Å². The van der Waals surface area contributed by atoms with Crippen LogP contribution in [-0.2, 0) is 6.42 Å². The molecular weight excluding hydrogens is 156 g/mol. The third-order valence-corrected chi connectivity index (χ3v) is 1.53. The summed E-state index contributed by atoms with van der Waals surface area (Å²) in [6.07, 6.45) is 3.76. The third-order valence-electron chi connectivity index (χ3n) is 1.53. The maximum Gasteiger partial charge on any atom is 0.128 e. The van der Waals surface area contributed by atoms with Gasteiger partial charge in [0.2, 0.25) is 0 Å². The van der Waals surface area contributed by atoms with Crippen molar-refractivity contribution in [3.05, 3.63) is 24.3 Å². The number of aliphatic hydroxyl groups excluding tert-OH is 2. The Labute approximate surface area is 70.9 Å². The second-order valence-corrected chi connectivity index (χ2v) is 2.54. The minimum absolute atomic E-state index is 0.202. The van der Waals surface area contributed by atoms with E-state index in [4.69, 9.17) is 10.2 Å². The number of aromatic nitrogens is 2. The Balaban J connectivity index is 2.33. The molecule has 1 aromatic rings. The predicted molar refractivity (Wildman–Crippen MR) is 43.4 cm³/mol. The molecule has 4 nitrogen and oxygen atoms in total. The van der Waals surface area contributed by atoms with E-state index in [1.807, 2.05) is 0 Å². The largest absolute Gasteiger partial charge is 0.394 e. The number of hydrogen-bond acceptors (Lipinski definition) is 4. The topological polar surface area (TPSA) is 66.2 Å². The first-order valence-corrected chi connectivity index (χ1v) is 3.87. The van der Waals surface area contributed by atoms with Gasteiger partial charge in [-0.2, -0.15) is 0 Å². The molecule has 0 aliphatic heterocycles. The smallest absolute Gasteiger partial charge is 0.128 e. The lowest BCUT2D eigenvalue weighted by molar-refractivity contribution is 0.0881. The van der Waals surface area contributed by atoms with Crippen LogP contribution in [0.15, 0.2) is 18.5 Å². The zero-order valence-corrected chi connectivity index (χ0v) is 6.72. The Hall–Kier alpha value is -1.00. The molecule has 2 N–H and O–H groups in total. The van der Waals surface area contributed by atoms with Crippen molar-refractivity contribution in [2.45, 2.75) is 18.9 Å². The number of aryl methyl sites for hydroxylation is 1. The van der Waals surface area contributed by atoms with Crippen molar-refractivity contribution in [1.29, 1.82) is 0 Å². The summed E-state index contributed by atoms with van der Waals surface area (Å²) in [4.78, 5) is 7.96. The van der Waals surface area contributed by atoms with E-state index in [9.17, 15) is 0 Å². The zero-order chi connectivity index (χ0) is 8.81. The van der Waals surface area contributed by atoms with Crippen molar-refractivity contribution in [2.24, 2.45) is 0 Å². The third kappa shape index (κ3) is 2.94. The molecule has 0 aliphatic rings. The minimum atomic E-state index is -0.659. The van der Waals surface area contributed by atoms with E-state index < -0.39 is 6.10 Å². The first-order valence-electron chi connectivity index (χ1n) is 3.87. The van der Waals surface area contributed by atoms with Crippen LogP contribution in [0.4, 0.5) is 0 Å². The van der Waals surface area contributed by atoms with Crippen molar-refractivity contribution >= 4 is 0 Å². The van der Waals surface area contributed by atoms with Crippen molar-refractivity contribution in [3.63, 3.8) is 0 Å². The standard InChI is InChI=1S/C8H12N2O2/c11-6-7(12)2-3-8-9-4-1-5-10-8/h1,4-5,7,11-12H,2-3,6H2/t7-/m0/s1. The van der Waals surface area contributed by atoms with Gasteiger partial charge in [0, 0.05) is 18.8 Å². The first-order chi connectivity index (χ1) is 5.83. The van der Waals surface area contributed by atoms with Crippen molar-refractivity contribution in [2.75, 3.05) is 6.61 Å². The fraction of sp³-hybridized carbons (Fsp3) is 0.500. The van der Waals surface area contributed by atoms with Gasteiger partial charge >= 0.3 is 0 Å². The van der Waals surface area contributed by atoms with Crippen LogP contribution in [0.1, 0.15) is 12.2 Å². The molecule has 0 unspecified atom stereocenters. The van der Waals surface area contributed by atoms with E-state index in [0.29, 0.717) is 18.7 Å². The summed E-state index contributed by atoms with van der Waals surface area (Å²) in [5, 5.41) is 17.5. The van der Waals surface area contributed by atoms with E-state index in [1.165, 1.54) is 0 Å². The Bertz CT molecular complexity index is 216. The van der Waals surface area contributed by atoms with Crippen LogP contribution >= 0.6 is 0 Å². The predicted octanol–water partition coefficient (Wildman–Crippen LogP) is -0.238. The summed E-state index contributed by atoms with van der Waals surface area (Å²) in [5.74, 6) is 0.699. The van der Waals surface area contributed by atoms with Crippen LogP contribution in [0.25, 0.3) is 0 Å². The zero-order valence-electron chi connectivity index (χ0n) is 6.72. The molecule has 66 valence electrons. The van der Waals surface area contributed by atoms with E-state index in [0.717, 1.165) is 0 Å². The highest BCUT2D eigenvalue weighted by Crippen LogP contribution is 1.97. The van der Waals surface area contributed by atoms with Gasteiger partial charge in [-0.1, -0.05) is 0 Å².